The van der Waals surface area contributed by atoms with E-state index in [1.807, 2.05) is 42.6 Å². The molecule has 3 rings (SSSR count). The number of nitrogens with zero attached hydrogens (tertiary/aromatic N) is 2. The van der Waals surface area contributed by atoms with E-state index in [1.165, 1.54) is 11.3 Å². The van der Waals surface area contributed by atoms with Gasteiger partial charge in [0.25, 0.3) is 11.7 Å². The molecule has 1 amide bonds. The van der Waals surface area contributed by atoms with E-state index in [0.717, 1.165) is 17.8 Å². The molecule has 0 radical (unpaired) electrons. The lowest BCUT2D eigenvalue weighted by atomic mass is 10.00. The van der Waals surface area contributed by atoms with Gasteiger partial charge < -0.3 is 14.9 Å². The van der Waals surface area contributed by atoms with E-state index >= 15 is 0 Å². The molecule has 0 aliphatic carbocycles. The molecule has 6 heteroatoms. The third-order valence-corrected chi connectivity index (χ3v) is 5.33. The molecule has 5 nitrogen and oxygen atoms in total. The lowest BCUT2D eigenvalue weighted by Crippen LogP contribution is -2.32. The fourth-order valence-electron chi connectivity index (χ4n) is 3.16. The van der Waals surface area contributed by atoms with E-state index in [9.17, 15) is 14.7 Å². The number of carbonyl (C=O) groups is 2. The number of rotatable bonds is 6. The molecule has 0 bridgehead atoms. The maximum atomic E-state index is 12.7. The van der Waals surface area contributed by atoms with Crippen molar-refractivity contribution in [2.75, 3.05) is 27.2 Å². The van der Waals surface area contributed by atoms with Gasteiger partial charge in [0.05, 0.1) is 11.6 Å². The van der Waals surface area contributed by atoms with Gasteiger partial charge in [-0.25, -0.2) is 0 Å². The average molecular weight is 370 g/mol. The first-order chi connectivity index (χ1) is 12.5. The predicted molar refractivity (Wildman–Crippen MR) is 103 cm³/mol. The SMILES string of the molecule is CN(C)CCCN1C(=O)C(=O)/C(=C(/O)c2ccccc2)[C@H]1c1cccs1. The number of hydrogen-bond acceptors (Lipinski definition) is 5. The van der Waals surface area contributed by atoms with Crippen LogP contribution in [0.1, 0.15) is 22.9 Å². The molecule has 0 saturated carbocycles. The van der Waals surface area contributed by atoms with E-state index < -0.39 is 17.7 Å². The lowest BCUT2D eigenvalue weighted by Gasteiger charge is -2.24. The van der Waals surface area contributed by atoms with Gasteiger partial charge >= 0.3 is 0 Å². The van der Waals surface area contributed by atoms with Gasteiger partial charge in [-0.3, -0.25) is 9.59 Å². The number of thiophene rings is 1. The van der Waals surface area contributed by atoms with Crippen LogP contribution in [0, 0.1) is 0 Å². The summed E-state index contributed by atoms with van der Waals surface area (Å²) in [5, 5.41) is 12.7. The van der Waals surface area contributed by atoms with Crippen molar-refractivity contribution in [1.82, 2.24) is 9.80 Å². The summed E-state index contributed by atoms with van der Waals surface area (Å²) >= 11 is 1.48. The molecule has 1 saturated heterocycles. The van der Waals surface area contributed by atoms with Gasteiger partial charge in [-0.1, -0.05) is 36.4 Å². The first-order valence-corrected chi connectivity index (χ1v) is 9.40. The molecule has 1 N–H and O–H groups in total. The molecule has 1 aromatic carbocycles. The van der Waals surface area contributed by atoms with Crippen LogP contribution in [0.25, 0.3) is 5.76 Å². The Balaban J connectivity index is 2.02. The van der Waals surface area contributed by atoms with Crippen molar-refractivity contribution in [3.05, 3.63) is 63.9 Å². The van der Waals surface area contributed by atoms with E-state index in [1.54, 1.807) is 29.2 Å². The highest BCUT2D eigenvalue weighted by atomic mass is 32.1. The second kappa shape index (κ2) is 7.85. The summed E-state index contributed by atoms with van der Waals surface area (Å²) in [4.78, 5) is 29.9. The van der Waals surface area contributed by atoms with E-state index in [2.05, 4.69) is 0 Å². The van der Waals surface area contributed by atoms with Gasteiger partial charge in [0, 0.05) is 17.0 Å². The molecule has 26 heavy (non-hydrogen) atoms. The van der Waals surface area contributed by atoms with Crippen LogP contribution in [0.3, 0.4) is 0 Å². The fraction of sp³-hybridized carbons (Fsp3) is 0.300. The molecular weight excluding hydrogens is 348 g/mol. The number of likely N-dealkylation sites (tertiary alicyclic amines) is 1. The van der Waals surface area contributed by atoms with Crippen molar-refractivity contribution in [2.45, 2.75) is 12.5 Å². The van der Waals surface area contributed by atoms with Crippen LogP contribution >= 0.6 is 11.3 Å². The molecule has 1 atom stereocenters. The molecule has 1 aliphatic heterocycles. The Morgan fingerprint density at radius 1 is 1.15 bits per heavy atom. The van der Waals surface area contributed by atoms with Gasteiger partial charge in [0.1, 0.15) is 5.76 Å². The number of benzene rings is 1. The predicted octanol–water partition coefficient (Wildman–Crippen LogP) is 3.12. The van der Waals surface area contributed by atoms with Crippen LogP contribution in [-0.4, -0.2) is 53.8 Å². The second-order valence-electron chi connectivity index (χ2n) is 6.53. The van der Waals surface area contributed by atoms with Crippen molar-refractivity contribution in [2.24, 2.45) is 0 Å². The zero-order valence-corrected chi connectivity index (χ0v) is 15.7. The summed E-state index contributed by atoms with van der Waals surface area (Å²) < 4.78 is 0. The first-order valence-electron chi connectivity index (χ1n) is 8.52. The zero-order chi connectivity index (χ0) is 18.7. The lowest BCUT2D eigenvalue weighted by molar-refractivity contribution is -0.139. The Morgan fingerprint density at radius 2 is 1.88 bits per heavy atom. The molecule has 2 aromatic rings. The highest BCUT2D eigenvalue weighted by Gasteiger charge is 2.46. The van der Waals surface area contributed by atoms with Gasteiger partial charge in [0.15, 0.2) is 0 Å². The van der Waals surface area contributed by atoms with Gasteiger partial charge in [-0.15, -0.1) is 11.3 Å². The first kappa shape index (κ1) is 18.4. The number of amides is 1. The summed E-state index contributed by atoms with van der Waals surface area (Å²) in [5.41, 5.74) is 0.717. The summed E-state index contributed by atoms with van der Waals surface area (Å²) in [5.74, 6) is -1.27. The Morgan fingerprint density at radius 3 is 2.50 bits per heavy atom. The van der Waals surface area contributed by atoms with Crippen LogP contribution in [0.4, 0.5) is 0 Å². The topological polar surface area (TPSA) is 60.9 Å². The van der Waals surface area contributed by atoms with Crippen LogP contribution in [0.5, 0.6) is 0 Å². The van der Waals surface area contributed by atoms with Crippen molar-refractivity contribution in [3.8, 4) is 0 Å². The van der Waals surface area contributed by atoms with E-state index in [0.29, 0.717) is 12.1 Å². The molecule has 1 aromatic heterocycles. The van der Waals surface area contributed by atoms with Crippen molar-refractivity contribution in [1.29, 1.82) is 0 Å². The minimum atomic E-state index is -0.616. The number of ketones is 1. The van der Waals surface area contributed by atoms with Crippen molar-refractivity contribution in [3.63, 3.8) is 0 Å². The highest BCUT2D eigenvalue weighted by molar-refractivity contribution is 7.10. The van der Waals surface area contributed by atoms with E-state index in [4.69, 9.17) is 0 Å². The Bertz CT molecular complexity index is 813. The molecular formula is C20H22N2O3S. The Hall–Kier alpha value is -2.44. The number of aliphatic hydroxyl groups is 1. The number of Topliss-reactive ketones (excluding diaryl/α,β-unsaturated/α-hetero) is 1. The minimum absolute atomic E-state index is 0.113. The number of carbonyl (C=O) groups excluding carboxylic acids is 2. The van der Waals surface area contributed by atoms with Gasteiger partial charge in [-0.05, 0) is 38.5 Å². The standard InChI is InChI=1S/C20H22N2O3S/c1-21(2)11-7-12-22-17(15-10-6-13-26-15)16(19(24)20(22)25)18(23)14-8-4-3-5-9-14/h3-6,8-10,13,17,23H,7,11-12H2,1-2H3/b18-16+/t17-/m1/s1. The zero-order valence-electron chi connectivity index (χ0n) is 14.9. The minimum Gasteiger partial charge on any atom is -0.507 e. The van der Waals surface area contributed by atoms with Crippen LogP contribution < -0.4 is 0 Å². The molecule has 2 heterocycles. The van der Waals surface area contributed by atoms with Gasteiger partial charge in [-0.2, -0.15) is 0 Å². The number of aliphatic hydroxyl groups excluding tert-OH is 1. The maximum Gasteiger partial charge on any atom is 0.295 e. The third kappa shape index (κ3) is 3.57. The summed E-state index contributed by atoms with van der Waals surface area (Å²) in [6.45, 7) is 1.29. The molecule has 1 aliphatic rings. The van der Waals surface area contributed by atoms with Crippen LogP contribution in [0.2, 0.25) is 0 Å². The highest BCUT2D eigenvalue weighted by Crippen LogP contribution is 2.40. The normalized spacial score (nSPS) is 19.5. The smallest absolute Gasteiger partial charge is 0.295 e. The Kier molecular flexibility index (Phi) is 5.54. The quantitative estimate of drug-likeness (QED) is 0.482. The van der Waals surface area contributed by atoms with Crippen molar-refractivity contribution >= 4 is 28.8 Å². The summed E-state index contributed by atoms with van der Waals surface area (Å²) in [7, 11) is 3.94. The second-order valence-corrected chi connectivity index (χ2v) is 7.51. The molecule has 1 fully saturated rings. The fourth-order valence-corrected chi connectivity index (χ4v) is 4.01. The Labute approximate surface area is 157 Å². The van der Waals surface area contributed by atoms with Crippen LogP contribution in [-0.2, 0) is 9.59 Å². The molecule has 136 valence electrons. The molecule has 0 unspecified atom stereocenters. The maximum absolute atomic E-state index is 12.7. The number of hydrogen-bond donors (Lipinski definition) is 1. The largest absolute Gasteiger partial charge is 0.507 e. The summed E-state index contributed by atoms with van der Waals surface area (Å²) in [6.07, 6.45) is 0.757. The molecule has 0 spiro atoms. The average Bonchev–Trinajstić information content (AvgIpc) is 3.24. The monoisotopic (exact) mass is 370 g/mol. The van der Waals surface area contributed by atoms with E-state index in [-0.39, 0.29) is 11.3 Å². The van der Waals surface area contributed by atoms with Crippen molar-refractivity contribution < 1.29 is 14.7 Å². The third-order valence-electron chi connectivity index (χ3n) is 4.40. The van der Waals surface area contributed by atoms with Crippen LogP contribution in [0.15, 0.2) is 53.4 Å². The summed E-state index contributed by atoms with van der Waals surface area (Å²) in [6, 6.07) is 12.2. The van der Waals surface area contributed by atoms with Gasteiger partial charge in [0.2, 0.25) is 0 Å².